The van der Waals surface area contributed by atoms with E-state index in [9.17, 15) is 4.79 Å². The number of nitrogens with zero attached hydrogens (tertiary/aromatic N) is 1. The zero-order valence-electron chi connectivity index (χ0n) is 12.5. The summed E-state index contributed by atoms with van der Waals surface area (Å²) in [6.45, 7) is 6.61. The van der Waals surface area contributed by atoms with Crippen LogP contribution >= 0.6 is 23.8 Å². The van der Waals surface area contributed by atoms with Crippen LogP contribution in [0.2, 0.25) is 5.02 Å². The summed E-state index contributed by atoms with van der Waals surface area (Å²) in [4.78, 5) is 14.5. The van der Waals surface area contributed by atoms with Gasteiger partial charge in [-0.2, -0.15) is 0 Å². The minimum Gasteiger partial charge on any atom is -0.481 e. The molecule has 0 aliphatic carbocycles. The summed E-state index contributed by atoms with van der Waals surface area (Å²) < 4.78 is 5.64. The predicted octanol–water partition coefficient (Wildman–Crippen LogP) is 2.88. The van der Waals surface area contributed by atoms with Crippen molar-refractivity contribution in [3.05, 3.63) is 29.3 Å². The van der Waals surface area contributed by atoms with Gasteiger partial charge in [-0.25, -0.2) is 0 Å². The van der Waals surface area contributed by atoms with Crippen LogP contribution < -0.4 is 10.5 Å². The molecule has 0 aromatic heterocycles. The summed E-state index contributed by atoms with van der Waals surface area (Å²) >= 11 is 10.8. The molecular weight excluding hydrogens is 308 g/mol. The van der Waals surface area contributed by atoms with Crippen LogP contribution in [0.3, 0.4) is 0 Å². The fourth-order valence-electron chi connectivity index (χ4n) is 1.85. The largest absolute Gasteiger partial charge is 0.481 e. The van der Waals surface area contributed by atoms with Crippen molar-refractivity contribution < 1.29 is 9.53 Å². The summed E-state index contributed by atoms with van der Waals surface area (Å²) in [7, 11) is 0. The van der Waals surface area contributed by atoms with Gasteiger partial charge in [0.05, 0.1) is 4.99 Å². The van der Waals surface area contributed by atoms with Crippen LogP contribution in [0, 0.1) is 5.92 Å². The maximum absolute atomic E-state index is 12.4. The lowest BCUT2D eigenvalue weighted by molar-refractivity contribution is -0.138. The van der Waals surface area contributed by atoms with Crippen LogP contribution in [-0.2, 0) is 4.79 Å². The van der Waals surface area contributed by atoms with Crippen molar-refractivity contribution in [2.75, 3.05) is 13.1 Å². The van der Waals surface area contributed by atoms with Crippen LogP contribution in [0.5, 0.6) is 5.75 Å². The first-order chi connectivity index (χ1) is 9.85. The van der Waals surface area contributed by atoms with Crippen molar-refractivity contribution in [3.63, 3.8) is 0 Å². The number of benzene rings is 1. The van der Waals surface area contributed by atoms with E-state index in [-0.39, 0.29) is 11.8 Å². The first-order valence-electron chi connectivity index (χ1n) is 6.85. The Balaban J connectivity index is 2.68. The highest BCUT2D eigenvalue weighted by Crippen LogP contribution is 2.19. The Kier molecular flexibility index (Phi) is 6.92. The Hall–Kier alpha value is -1.33. The van der Waals surface area contributed by atoms with Crippen molar-refractivity contribution >= 4 is 34.7 Å². The quantitative estimate of drug-likeness (QED) is 0.782. The number of halogens is 1. The Morgan fingerprint density at radius 3 is 2.67 bits per heavy atom. The van der Waals surface area contributed by atoms with Crippen LogP contribution in [0.15, 0.2) is 24.3 Å². The number of carbonyl (C=O) groups excluding carboxylic acids is 1. The van der Waals surface area contributed by atoms with Gasteiger partial charge in [0.2, 0.25) is 0 Å². The maximum Gasteiger partial charge on any atom is 0.263 e. The fraction of sp³-hybridized carbons (Fsp3) is 0.467. The lowest BCUT2D eigenvalue weighted by Gasteiger charge is -2.27. The van der Waals surface area contributed by atoms with Crippen molar-refractivity contribution in [2.45, 2.75) is 26.9 Å². The molecule has 0 aliphatic rings. The molecule has 0 saturated heterocycles. The van der Waals surface area contributed by atoms with Crippen molar-refractivity contribution in [3.8, 4) is 5.75 Å². The van der Waals surface area contributed by atoms with Gasteiger partial charge in [0.25, 0.3) is 5.91 Å². The van der Waals surface area contributed by atoms with Gasteiger partial charge >= 0.3 is 0 Å². The average Bonchev–Trinajstić information content (AvgIpc) is 2.43. The average molecular weight is 329 g/mol. The van der Waals surface area contributed by atoms with Crippen LogP contribution in [0.25, 0.3) is 0 Å². The summed E-state index contributed by atoms with van der Waals surface area (Å²) in [5.41, 5.74) is 5.60. The molecule has 1 aromatic carbocycles. The maximum atomic E-state index is 12.4. The molecule has 4 nitrogen and oxygen atoms in total. The van der Waals surface area contributed by atoms with E-state index in [1.165, 1.54) is 0 Å². The first kappa shape index (κ1) is 17.7. The summed E-state index contributed by atoms with van der Waals surface area (Å²) in [6, 6.07) is 6.98. The fourth-order valence-corrected chi connectivity index (χ4v) is 2.10. The Morgan fingerprint density at radius 1 is 1.48 bits per heavy atom. The summed E-state index contributed by atoms with van der Waals surface area (Å²) in [6.07, 6.45) is -0.595. The molecule has 116 valence electrons. The number of amides is 1. The van der Waals surface area contributed by atoms with Crippen LogP contribution in [-0.4, -0.2) is 35.0 Å². The van der Waals surface area contributed by atoms with E-state index in [1.54, 1.807) is 36.1 Å². The Labute approximate surface area is 136 Å². The van der Waals surface area contributed by atoms with Gasteiger partial charge in [0.15, 0.2) is 6.10 Å². The van der Waals surface area contributed by atoms with Gasteiger partial charge in [0, 0.05) is 24.0 Å². The molecule has 21 heavy (non-hydrogen) atoms. The SMILES string of the molecule is CCN(CC(C)C(N)=S)C(=O)C(C)Oc1cccc(Cl)c1. The van der Waals surface area contributed by atoms with Gasteiger partial charge in [-0.1, -0.05) is 36.8 Å². The second-order valence-electron chi connectivity index (χ2n) is 4.90. The highest BCUT2D eigenvalue weighted by molar-refractivity contribution is 7.80. The lowest BCUT2D eigenvalue weighted by atomic mass is 10.1. The van der Waals surface area contributed by atoms with Gasteiger partial charge in [-0.05, 0) is 32.0 Å². The van der Waals surface area contributed by atoms with Gasteiger partial charge < -0.3 is 15.4 Å². The van der Waals surface area contributed by atoms with E-state index in [0.717, 1.165) is 0 Å². The molecule has 2 atom stereocenters. The van der Waals surface area contributed by atoms with Crippen molar-refractivity contribution in [1.29, 1.82) is 0 Å². The zero-order chi connectivity index (χ0) is 16.0. The molecule has 0 heterocycles. The molecule has 1 aromatic rings. The second-order valence-corrected chi connectivity index (χ2v) is 5.81. The third-order valence-corrected chi connectivity index (χ3v) is 3.77. The molecule has 0 spiro atoms. The van der Waals surface area contributed by atoms with Crippen LogP contribution in [0.1, 0.15) is 20.8 Å². The predicted molar refractivity (Wildman–Crippen MR) is 89.7 cm³/mol. The van der Waals surface area contributed by atoms with Crippen LogP contribution in [0.4, 0.5) is 0 Å². The van der Waals surface area contributed by atoms with Gasteiger partial charge in [-0.15, -0.1) is 0 Å². The minimum absolute atomic E-state index is 0.0257. The molecular formula is C15H21ClN2O2S. The third kappa shape index (κ3) is 5.52. The highest BCUT2D eigenvalue weighted by Gasteiger charge is 2.23. The second kappa shape index (κ2) is 8.20. The van der Waals surface area contributed by atoms with Gasteiger partial charge in [0.1, 0.15) is 5.75 Å². The number of nitrogens with two attached hydrogens (primary N) is 1. The smallest absolute Gasteiger partial charge is 0.263 e. The number of rotatable bonds is 7. The molecule has 2 N–H and O–H groups in total. The first-order valence-corrected chi connectivity index (χ1v) is 7.64. The molecule has 0 saturated carbocycles. The number of ether oxygens (including phenoxy) is 1. The third-order valence-electron chi connectivity index (χ3n) is 3.13. The number of thiocarbonyl (C=S) groups is 1. The molecule has 0 radical (unpaired) electrons. The monoisotopic (exact) mass is 328 g/mol. The minimum atomic E-state index is -0.595. The van der Waals surface area contributed by atoms with E-state index in [4.69, 9.17) is 34.3 Å². The zero-order valence-corrected chi connectivity index (χ0v) is 14.1. The molecule has 0 bridgehead atoms. The molecule has 6 heteroatoms. The Morgan fingerprint density at radius 2 is 2.14 bits per heavy atom. The van der Waals surface area contributed by atoms with E-state index < -0.39 is 6.10 Å². The van der Waals surface area contributed by atoms with E-state index >= 15 is 0 Å². The molecule has 0 aliphatic heterocycles. The highest BCUT2D eigenvalue weighted by atomic mass is 35.5. The molecule has 2 unspecified atom stereocenters. The number of hydrogen-bond donors (Lipinski definition) is 1. The normalized spacial score (nSPS) is 13.3. The van der Waals surface area contributed by atoms with Crippen molar-refractivity contribution in [2.24, 2.45) is 11.7 Å². The lowest BCUT2D eigenvalue weighted by Crippen LogP contribution is -2.44. The van der Waals surface area contributed by atoms with Crippen molar-refractivity contribution in [1.82, 2.24) is 4.90 Å². The molecule has 1 amide bonds. The molecule has 0 fully saturated rings. The number of hydrogen-bond acceptors (Lipinski definition) is 3. The van der Waals surface area contributed by atoms with Gasteiger partial charge in [-0.3, -0.25) is 4.79 Å². The topological polar surface area (TPSA) is 55.6 Å². The van der Waals surface area contributed by atoms with E-state index in [1.807, 2.05) is 13.8 Å². The molecule has 1 rings (SSSR count). The Bertz CT molecular complexity index is 510. The standard InChI is InChI=1S/C15H21ClN2O2S/c1-4-18(9-10(2)14(17)21)15(19)11(3)20-13-7-5-6-12(16)8-13/h5-8,10-11H,4,9H2,1-3H3,(H2,17,21). The number of likely N-dealkylation sites (N-methyl/N-ethyl adjacent to an activating group) is 1. The summed E-state index contributed by atoms with van der Waals surface area (Å²) in [5, 5.41) is 0.571. The van der Waals surface area contributed by atoms with E-state index in [2.05, 4.69) is 0 Å². The van der Waals surface area contributed by atoms with E-state index in [0.29, 0.717) is 28.9 Å². The number of carbonyl (C=O) groups is 1. The summed E-state index contributed by atoms with van der Waals surface area (Å²) in [5.74, 6) is 0.449.